The highest BCUT2D eigenvalue weighted by molar-refractivity contribution is 7.16. The Kier molecular flexibility index (Phi) is 5.05. The van der Waals surface area contributed by atoms with Crippen molar-refractivity contribution in [3.63, 3.8) is 0 Å². The third kappa shape index (κ3) is 3.85. The monoisotopic (exact) mass is 407 g/mol. The van der Waals surface area contributed by atoms with Crippen molar-refractivity contribution < 1.29 is 9.53 Å². The lowest BCUT2D eigenvalue weighted by Crippen LogP contribution is -2.30. The smallest absolute Gasteiger partial charge is 0.278 e. The number of nitrogens with one attached hydrogen (secondary N) is 1. The quantitative estimate of drug-likeness (QED) is 0.546. The predicted molar refractivity (Wildman–Crippen MR) is 111 cm³/mol. The standard InChI is InChI=1S/C20H17N5O3S/c1-12-18(13-7-9-14(28-2)10-8-13)22-20(29-12)21-17(26)11-25-19(27)15-5-3-4-6-16(15)23-24-25/h3-10H,11H2,1-2H3,(H,21,22,26). The van der Waals surface area contributed by atoms with E-state index in [0.717, 1.165) is 26.6 Å². The maximum Gasteiger partial charge on any atom is 0.278 e. The fraction of sp³-hybridized carbons (Fsp3) is 0.150. The van der Waals surface area contributed by atoms with E-state index in [1.807, 2.05) is 31.2 Å². The van der Waals surface area contributed by atoms with Crippen molar-refractivity contribution in [2.75, 3.05) is 12.4 Å². The molecule has 4 aromatic rings. The van der Waals surface area contributed by atoms with Crippen molar-refractivity contribution in [3.05, 3.63) is 63.8 Å². The molecule has 0 atom stereocenters. The van der Waals surface area contributed by atoms with E-state index in [9.17, 15) is 9.59 Å². The molecular weight excluding hydrogens is 390 g/mol. The number of hydrogen-bond donors (Lipinski definition) is 1. The maximum atomic E-state index is 12.5. The van der Waals surface area contributed by atoms with E-state index in [4.69, 9.17) is 4.74 Å². The summed E-state index contributed by atoms with van der Waals surface area (Å²) in [6, 6.07) is 14.4. The zero-order chi connectivity index (χ0) is 20.4. The topological polar surface area (TPSA) is 99.0 Å². The Hall–Kier alpha value is -3.59. The van der Waals surface area contributed by atoms with Gasteiger partial charge in [0.15, 0.2) is 5.13 Å². The minimum Gasteiger partial charge on any atom is -0.497 e. The molecule has 0 aliphatic rings. The zero-order valence-electron chi connectivity index (χ0n) is 15.7. The van der Waals surface area contributed by atoms with E-state index in [1.165, 1.54) is 11.3 Å². The Labute approximate surface area is 169 Å². The number of aromatic nitrogens is 4. The average molecular weight is 407 g/mol. The van der Waals surface area contributed by atoms with Crippen molar-refractivity contribution in [1.29, 1.82) is 0 Å². The van der Waals surface area contributed by atoms with Crippen molar-refractivity contribution in [2.45, 2.75) is 13.5 Å². The van der Waals surface area contributed by atoms with E-state index in [1.54, 1.807) is 31.4 Å². The van der Waals surface area contributed by atoms with Gasteiger partial charge in [-0.05, 0) is 43.3 Å². The van der Waals surface area contributed by atoms with E-state index < -0.39 is 5.91 Å². The normalized spacial score (nSPS) is 10.8. The highest BCUT2D eigenvalue weighted by atomic mass is 32.1. The van der Waals surface area contributed by atoms with E-state index in [2.05, 4.69) is 20.6 Å². The first kappa shape index (κ1) is 18.8. The van der Waals surface area contributed by atoms with Gasteiger partial charge in [0, 0.05) is 10.4 Å². The molecule has 0 spiro atoms. The summed E-state index contributed by atoms with van der Waals surface area (Å²) in [5.41, 5.74) is 1.85. The number of methoxy groups -OCH3 is 1. The van der Waals surface area contributed by atoms with Crippen molar-refractivity contribution >= 4 is 33.3 Å². The van der Waals surface area contributed by atoms with Crippen LogP contribution in [0.2, 0.25) is 0 Å². The molecule has 146 valence electrons. The van der Waals surface area contributed by atoms with Crippen LogP contribution < -0.4 is 15.6 Å². The van der Waals surface area contributed by atoms with Crippen LogP contribution in [0.4, 0.5) is 5.13 Å². The van der Waals surface area contributed by atoms with Crippen molar-refractivity contribution in [1.82, 2.24) is 20.0 Å². The fourth-order valence-electron chi connectivity index (χ4n) is 2.89. The minimum atomic E-state index is -0.397. The molecule has 0 radical (unpaired) electrons. The molecule has 1 N–H and O–H groups in total. The maximum absolute atomic E-state index is 12.5. The van der Waals surface area contributed by atoms with Gasteiger partial charge in [-0.2, -0.15) is 0 Å². The predicted octanol–water partition coefficient (Wildman–Crippen LogP) is 2.87. The number of aryl methyl sites for hydroxylation is 1. The van der Waals surface area contributed by atoms with Gasteiger partial charge >= 0.3 is 0 Å². The Bertz CT molecular complexity index is 1250. The summed E-state index contributed by atoms with van der Waals surface area (Å²) in [6.45, 7) is 1.69. The summed E-state index contributed by atoms with van der Waals surface area (Å²) in [4.78, 5) is 30.4. The van der Waals surface area contributed by atoms with Crippen LogP contribution in [-0.4, -0.2) is 33.0 Å². The Balaban J connectivity index is 1.52. The number of carbonyl (C=O) groups is 1. The third-order valence-electron chi connectivity index (χ3n) is 4.33. The highest BCUT2D eigenvalue weighted by Gasteiger charge is 2.14. The molecule has 0 bridgehead atoms. The first-order chi connectivity index (χ1) is 14.0. The number of hydrogen-bond acceptors (Lipinski definition) is 7. The van der Waals surface area contributed by atoms with E-state index in [0.29, 0.717) is 16.0 Å². The van der Waals surface area contributed by atoms with Gasteiger partial charge in [-0.3, -0.25) is 9.59 Å². The van der Waals surface area contributed by atoms with Crippen LogP contribution >= 0.6 is 11.3 Å². The first-order valence-electron chi connectivity index (χ1n) is 8.79. The number of amides is 1. The lowest BCUT2D eigenvalue weighted by atomic mass is 10.1. The van der Waals surface area contributed by atoms with Gasteiger partial charge in [0.05, 0.1) is 18.2 Å². The minimum absolute atomic E-state index is 0.243. The van der Waals surface area contributed by atoms with Gasteiger partial charge in [0.1, 0.15) is 17.8 Å². The molecule has 2 aromatic carbocycles. The molecule has 9 heteroatoms. The summed E-state index contributed by atoms with van der Waals surface area (Å²) in [6.07, 6.45) is 0. The van der Waals surface area contributed by atoms with Crippen LogP contribution in [0, 0.1) is 6.92 Å². The van der Waals surface area contributed by atoms with Gasteiger partial charge in [-0.15, -0.1) is 16.4 Å². The number of benzene rings is 2. The Morgan fingerprint density at radius 2 is 1.93 bits per heavy atom. The molecule has 0 aliphatic carbocycles. The number of thiazole rings is 1. The van der Waals surface area contributed by atoms with Crippen molar-refractivity contribution in [3.8, 4) is 17.0 Å². The van der Waals surface area contributed by atoms with Crippen LogP contribution in [0.3, 0.4) is 0 Å². The molecular formula is C20H17N5O3S. The number of rotatable bonds is 5. The summed E-state index contributed by atoms with van der Waals surface area (Å²) in [5, 5.41) is 11.4. The van der Waals surface area contributed by atoms with E-state index >= 15 is 0 Å². The van der Waals surface area contributed by atoms with Gasteiger partial charge in [0.2, 0.25) is 5.91 Å². The summed E-state index contributed by atoms with van der Waals surface area (Å²) in [7, 11) is 1.61. The molecule has 4 rings (SSSR count). The summed E-state index contributed by atoms with van der Waals surface area (Å²) in [5.74, 6) is 0.365. The fourth-order valence-corrected chi connectivity index (χ4v) is 3.74. The molecule has 0 saturated heterocycles. The third-order valence-corrected chi connectivity index (χ3v) is 5.22. The van der Waals surface area contributed by atoms with Crippen LogP contribution in [0.1, 0.15) is 4.88 Å². The molecule has 0 unspecified atom stereocenters. The molecule has 0 aliphatic heterocycles. The number of nitrogens with zero attached hydrogens (tertiary/aromatic N) is 4. The van der Waals surface area contributed by atoms with Crippen LogP contribution in [0.15, 0.2) is 53.3 Å². The van der Waals surface area contributed by atoms with Gasteiger partial charge < -0.3 is 10.1 Å². The van der Waals surface area contributed by atoms with Gasteiger partial charge in [-0.25, -0.2) is 9.67 Å². The second kappa shape index (κ2) is 7.80. The highest BCUT2D eigenvalue weighted by Crippen LogP contribution is 2.31. The first-order valence-corrected chi connectivity index (χ1v) is 9.61. The number of ether oxygens (including phenoxy) is 1. The second-order valence-electron chi connectivity index (χ2n) is 6.27. The number of anilines is 1. The molecule has 1 amide bonds. The van der Waals surface area contributed by atoms with E-state index in [-0.39, 0.29) is 12.1 Å². The zero-order valence-corrected chi connectivity index (χ0v) is 16.6. The second-order valence-corrected chi connectivity index (χ2v) is 7.47. The Morgan fingerprint density at radius 1 is 1.17 bits per heavy atom. The molecule has 2 heterocycles. The number of carbonyl (C=O) groups excluding carboxylic acids is 1. The average Bonchev–Trinajstić information content (AvgIpc) is 3.10. The van der Waals surface area contributed by atoms with Gasteiger partial charge in [0.25, 0.3) is 5.56 Å². The molecule has 2 aromatic heterocycles. The lowest BCUT2D eigenvalue weighted by molar-refractivity contribution is -0.117. The molecule has 0 fully saturated rings. The summed E-state index contributed by atoms with van der Waals surface area (Å²) < 4.78 is 6.22. The largest absolute Gasteiger partial charge is 0.497 e. The van der Waals surface area contributed by atoms with Crippen LogP contribution in [0.25, 0.3) is 22.2 Å². The van der Waals surface area contributed by atoms with Crippen LogP contribution in [0.5, 0.6) is 5.75 Å². The lowest BCUT2D eigenvalue weighted by Gasteiger charge is -2.04. The number of fused-ring (bicyclic) bond motifs is 1. The van der Waals surface area contributed by atoms with Crippen molar-refractivity contribution in [2.24, 2.45) is 0 Å². The van der Waals surface area contributed by atoms with Gasteiger partial charge in [-0.1, -0.05) is 17.3 Å². The molecule has 8 nitrogen and oxygen atoms in total. The van der Waals surface area contributed by atoms with Crippen LogP contribution in [-0.2, 0) is 11.3 Å². The SMILES string of the molecule is COc1ccc(-c2nc(NC(=O)Cn3nnc4ccccc4c3=O)sc2C)cc1. The molecule has 29 heavy (non-hydrogen) atoms. The summed E-state index contributed by atoms with van der Waals surface area (Å²) >= 11 is 1.37. The molecule has 0 saturated carbocycles. The Morgan fingerprint density at radius 3 is 2.69 bits per heavy atom.